The minimum Gasteiger partial charge on any atom is -0.382 e. The van der Waals surface area contributed by atoms with Gasteiger partial charge in [-0.3, -0.25) is 14.9 Å². The molecule has 22 heavy (non-hydrogen) atoms. The molecule has 0 spiro atoms. The van der Waals surface area contributed by atoms with Gasteiger partial charge in [0, 0.05) is 19.7 Å². The second kappa shape index (κ2) is 8.50. The molecular weight excluding hydrogens is 302 g/mol. The number of amides is 1. The van der Waals surface area contributed by atoms with Gasteiger partial charge in [0.05, 0.1) is 24.1 Å². The molecule has 2 aromatic heterocycles. The van der Waals surface area contributed by atoms with Crippen LogP contribution in [-0.4, -0.2) is 45.5 Å². The van der Waals surface area contributed by atoms with E-state index in [0.29, 0.717) is 11.8 Å². The van der Waals surface area contributed by atoms with Gasteiger partial charge in [0.1, 0.15) is 5.82 Å². The molecule has 2 heterocycles. The van der Waals surface area contributed by atoms with Crippen molar-refractivity contribution in [3.8, 4) is 0 Å². The van der Waals surface area contributed by atoms with Crippen LogP contribution in [-0.2, 0) is 16.0 Å². The van der Waals surface area contributed by atoms with E-state index in [9.17, 15) is 4.79 Å². The Bertz CT molecular complexity index is 590. The zero-order valence-electron chi connectivity index (χ0n) is 12.6. The highest BCUT2D eigenvalue weighted by molar-refractivity contribution is 7.99. The molecule has 0 saturated carbocycles. The fraction of sp³-hybridized carbons (Fsp3) is 0.429. The van der Waals surface area contributed by atoms with Crippen LogP contribution in [0, 0.1) is 0 Å². The van der Waals surface area contributed by atoms with Gasteiger partial charge in [-0.05, 0) is 12.1 Å². The Hall–Kier alpha value is -1.93. The molecule has 8 heteroatoms. The van der Waals surface area contributed by atoms with Crippen molar-refractivity contribution in [2.24, 2.45) is 0 Å². The number of nitrogens with zero attached hydrogens (tertiary/aromatic N) is 3. The molecule has 1 amide bonds. The van der Waals surface area contributed by atoms with Crippen LogP contribution >= 0.6 is 11.8 Å². The van der Waals surface area contributed by atoms with Crippen molar-refractivity contribution in [2.75, 3.05) is 19.5 Å². The molecule has 0 aliphatic heterocycles. The molecule has 0 aliphatic carbocycles. The summed E-state index contributed by atoms with van der Waals surface area (Å²) in [7, 11) is 1.59. The van der Waals surface area contributed by atoms with Gasteiger partial charge in [-0.25, -0.2) is 4.98 Å². The first-order valence-corrected chi connectivity index (χ1v) is 7.94. The molecule has 0 aromatic carbocycles. The lowest BCUT2D eigenvalue weighted by Crippen LogP contribution is -2.33. The highest BCUT2D eigenvalue weighted by Gasteiger charge is 2.16. The van der Waals surface area contributed by atoms with Crippen molar-refractivity contribution in [1.29, 1.82) is 0 Å². The molecule has 0 saturated heterocycles. The molecular formula is C14H19N5O2S. The number of carbonyl (C=O) groups excluding carboxylic acids is 1. The van der Waals surface area contributed by atoms with Crippen molar-refractivity contribution in [3.05, 3.63) is 35.9 Å². The second-order valence-corrected chi connectivity index (χ2v) is 5.48. The fourth-order valence-electron chi connectivity index (χ4n) is 1.82. The molecule has 0 bridgehead atoms. The number of nitrogens with one attached hydrogen (secondary N) is 2. The number of H-pyrrole nitrogens is 1. The monoisotopic (exact) mass is 321 g/mol. The minimum absolute atomic E-state index is 0.111. The van der Waals surface area contributed by atoms with E-state index in [1.54, 1.807) is 13.3 Å². The summed E-state index contributed by atoms with van der Waals surface area (Å²) in [6.07, 6.45) is 2.48. The van der Waals surface area contributed by atoms with Gasteiger partial charge in [-0.2, -0.15) is 0 Å². The van der Waals surface area contributed by atoms with E-state index < -0.39 is 0 Å². The zero-order valence-corrected chi connectivity index (χ0v) is 13.4. The van der Waals surface area contributed by atoms with Gasteiger partial charge in [-0.1, -0.05) is 24.8 Å². The number of hydrogen-bond donors (Lipinski definition) is 2. The molecule has 1 atom stereocenters. The molecule has 0 radical (unpaired) electrons. The van der Waals surface area contributed by atoms with Crippen molar-refractivity contribution < 1.29 is 9.53 Å². The van der Waals surface area contributed by atoms with Crippen LogP contribution in [0.3, 0.4) is 0 Å². The number of carbonyl (C=O) groups is 1. The summed E-state index contributed by atoms with van der Waals surface area (Å²) in [5, 5.41) is 10.4. The Morgan fingerprint density at radius 2 is 2.36 bits per heavy atom. The summed E-state index contributed by atoms with van der Waals surface area (Å²) in [5.74, 6) is 0.947. The molecule has 0 aliphatic rings. The zero-order chi connectivity index (χ0) is 15.8. The van der Waals surface area contributed by atoms with Crippen LogP contribution in [0.15, 0.2) is 29.6 Å². The van der Waals surface area contributed by atoms with E-state index in [1.165, 1.54) is 11.8 Å². The third kappa shape index (κ3) is 4.81. The van der Waals surface area contributed by atoms with E-state index in [1.807, 2.05) is 25.1 Å². The lowest BCUT2D eigenvalue weighted by atomic mass is 10.2. The van der Waals surface area contributed by atoms with Gasteiger partial charge in [0.2, 0.25) is 11.1 Å². The van der Waals surface area contributed by atoms with Gasteiger partial charge in [-0.15, -0.1) is 5.10 Å². The standard InChI is InChI=1S/C14H19N5O2S/c1-3-12-17-14(19-18-12)22-9-13(20)16-11(8-21-2)10-6-4-5-7-15-10/h4-7,11H,3,8-9H2,1-2H3,(H,16,20)(H,17,18,19)/t11-/m1/s1. The summed E-state index contributed by atoms with van der Waals surface area (Å²) in [4.78, 5) is 20.6. The normalized spacial score (nSPS) is 12.1. The van der Waals surface area contributed by atoms with E-state index in [4.69, 9.17) is 4.74 Å². The first-order valence-electron chi connectivity index (χ1n) is 6.96. The topological polar surface area (TPSA) is 92.8 Å². The number of aromatic amines is 1. The maximum atomic E-state index is 12.1. The third-order valence-corrected chi connectivity index (χ3v) is 3.74. The largest absolute Gasteiger partial charge is 0.382 e. The highest BCUT2D eigenvalue weighted by atomic mass is 32.2. The molecule has 2 N–H and O–H groups in total. The predicted molar refractivity (Wildman–Crippen MR) is 83.5 cm³/mol. The number of thioether (sulfide) groups is 1. The van der Waals surface area contributed by atoms with Crippen molar-refractivity contribution >= 4 is 17.7 Å². The number of aromatic nitrogens is 4. The molecule has 2 aromatic rings. The Labute approximate surface area is 133 Å². The fourth-order valence-corrected chi connectivity index (χ4v) is 2.44. The molecule has 0 unspecified atom stereocenters. The summed E-state index contributed by atoms with van der Waals surface area (Å²) < 4.78 is 5.15. The Morgan fingerprint density at radius 1 is 1.50 bits per heavy atom. The van der Waals surface area contributed by atoms with Crippen LogP contribution in [0.4, 0.5) is 0 Å². The van der Waals surface area contributed by atoms with Crippen molar-refractivity contribution in [1.82, 2.24) is 25.5 Å². The van der Waals surface area contributed by atoms with E-state index >= 15 is 0 Å². The number of pyridine rings is 1. The molecule has 0 fully saturated rings. The number of methoxy groups -OCH3 is 1. The van der Waals surface area contributed by atoms with Crippen LogP contribution < -0.4 is 5.32 Å². The minimum atomic E-state index is -0.266. The van der Waals surface area contributed by atoms with Crippen molar-refractivity contribution in [2.45, 2.75) is 24.5 Å². The van der Waals surface area contributed by atoms with E-state index in [2.05, 4.69) is 25.5 Å². The van der Waals surface area contributed by atoms with Gasteiger partial charge in [0.25, 0.3) is 0 Å². The van der Waals surface area contributed by atoms with E-state index in [-0.39, 0.29) is 17.7 Å². The molecule has 7 nitrogen and oxygen atoms in total. The average molecular weight is 321 g/mol. The van der Waals surface area contributed by atoms with Gasteiger partial charge < -0.3 is 10.1 Å². The SMILES string of the molecule is CCc1nc(SCC(=O)N[C@H](COC)c2ccccn2)n[nH]1. The quantitative estimate of drug-likeness (QED) is 0.713. The van der Waals surface area contributed by atoms with Crippen LogP contribution in [0.1, 0.15) is 24.5 Å². The van der Waals surface area contributed by atoms with Crippen molar-refractivity contribution in [3.63, 3.8) is 0 Å². The summed E-state index contributed by atoms with van der Waals surface area (Å²) in [5.41, 5.74) is 0.772. The number of rotatable bonds is 8. The van der Waals surface area contributed by atoms with Crippen LogP contribution in [0.25, 0.3) is 0 Å². The first kappa shape index (κ1) is 16.4. The summed E-state index contributed by atoms with van der Waals surface area (Å²) >= 11 is 1.29. The van der Waals surface area contributed by atoms with E-state index in [0.717, 1.165) is 17.9 Å². The number of ether oxygens (including phenoxy) is 1. The lowest BCUT2D eigenvalue weighted by Gasteiger charge is -2.17. The maximum Gasteiger partial charge on any atom is 0.231 e. The second-order valence-electron chi connectivity index (χ2n) is 4.54. The average Bonchev–Trinajstić information content (AvgIpc) is 3.01. The predicted octanol–water partition coefficient (Wildman–Crippen LogP) is 1.36. The maximum absolute atomic E-state index is 12.1. The van der Waals surface area contributed by atoms with Crippen LogP contribution in [0.2, 0.25) is 0 Å². The summed E-state index contributed by atoms with van der Waals surface area (Å²) in [6, 6.07) is 5.31. The smallest absolute Gasteiger partial charge is 0.231 e. The number of hydrogen-bond acceptors (Lipinski definition) is 6. The molecule has 118 valence electrons. The Kier molecular flexibility index (Phi) is 6.35. The summed E-state index contributed by atoms with van der Waals surface area (Å²) in [6.45, 7) is 2.36. The molecule has 2 rings (SSSR count). The van der Waals surface area contributed by atoms with Crippen LogP contribution in [0.5, 0.6) is 0 Å². The third-order valence-electron chi connectivity index (χ3n) is 2.89. The lowest BCUT2D eigenvalue weighted by molar-refractivity contribution is -0.119. The first-order chi connectivity index (χ1) is 10.7. The van der Waals surface area contributed by atoms with Gasteiger partial charge >= 0.3 is 0 Å². The highest BCUT2D eigenvalue weighted by Crippen LogP contribution is 2.14. The Balaban J connectivity index is 1.88. The van der Waals surface area contributed by atoms with Gasteiger partial charge in [0.15, 0.2) is 0 Å². The Morgan fingerprint density at radius 3 is 3.00 bits per heavy atom. The number of aryl methyl sites for hydroxylation is 1.